The van der Waals surface area contributed by atoms with Gasteiger partial charge < -0.3 is 15.2 Å². The fourth-order valence-corrected chi connectivity index (χ4v) is 3.48. The highest BCUT2D eigenvalue weighted by Gasteiger charge is 2.22. The summed E-state index contributed by atoms with van der Waals surface area (Å²) in [6.07, 6.45) is 1.98. The van der Waals surface area contributed by atoms with Crippen molar-refractivity contribution in [2.24, 2.45) is 0 Å². The summed E-state index contributed by atoms with van der Waals surface area (Å²) in [5.74, 6) is 0.517. The van der Waals surface area contributed by atoms with Crippen LogP contribution in [0.25, 0.3) is 11.1 Å². The SMILES string of the molecule is COC(=O)c1c(Br)c(N)cc(C)c1-c1ccc2c(c1)CCCO2. The molecule has 0 fully saturated rings. The molecule has 1 aliphatic heterocycles. The van der Waals surface area contributed by atoms with Crippen LogP contribution in [0.5, 0.6) is 5.75 Å². The van der Waals surface area contributed by atoms with Crippen molar-refractivity contribution in [1.29, 1.82) is 0 Å². The number of nitrogens with two attached hydrogens (primary N) is 1. The van der Waals surface area contributed by atoms with Crippen LogP contribution >= 0.6 is 15.9 Å². The normalized spacial score (nSPS) is 13.2. The molecule has 0 unspecified atom stereocenters. The standard InChI is InChI=1S/C18H18BrNO3/c1-10-8-13(20)17(19)16(18(21)22-2)15(10)12-5-6-14-11(9-12)4-3-7-23-14/h5-6,8-9H,3-4,7,20H2,1-2H3. The van der Waals surface area contributed by atoms with Crippen LogP contribution in [0.3, 0.4) is 0 Å². The van der Waals surface area contributed by atoms with E-state index >= 15 is 0 Å². The van der Waals surface area contributed by atoms with Crippen LogP contribution in [0.4, 0.5) is 5.69 Å². The molecular weight excluding hydrogens is 358 g/mol. The maximum absolute atomic E-state index is 12.3. The summed E-state index contributed by atoms with van der Waals surface area (Å²) in [5, 5.41) is 0. The molecule has 0 amide bonds. The first kappa shape index (κ1) is 15.9. The van der Waals surface area contributed by atoms with E-state index in [4.69, 9.17) is 15.2 Å². The van der Waals surface area contributed by atoms with Crippen LogP contribution in [0.1, 0.15) is 27.9 Å². The smallest absolute Gasteiger partial charge is 0.339 e. The molecule has 1 aliphatic rings. The van der Waals surface area contributed by atoms with Crippen LogP contribution in [-0.4, -0.2) is 19.7 Å². The molecule has 3 rings (SSSR count). The zero-order valence-corrected chi connectivity index (χ0v) is 14.7. The van der Waals surface area contributed by atoms with Crippen molar-refractivity contribution in [3.63, 3.8) is 0 Å². The third-order valence-corrected chi connectivity index (χ3v) is 4.93. The van der Waals surface area contributed by atoms with E-state index in [0.717, 1.165) is 47.5 Å². The molecule has 1 heterocycles. The summed E-state index contributed by atoms with van der Waals surface area (Å²) in [7, 11) is 1.37. The Morgan fingerprint density at radius 2 is 2.13 bits per heavy atom. The number of nitrogen functional groups attached to an aromatic ring is 1. The number of rotatable bonds is 2. The first-order valence-electron chi connectivity index (χ1n) is 7.46. The van der Waals surface area contributed by atoms with E-state index in [1.807, 2.05) is 25.1 Å². The van der Waals surface area contributed by atoms with Crippen molar-refractivity contribution in [3.05, 3.63) is 45.4 Å². The van der Waals surface area contributed by atoms with Crippen molar-refractivity contribution in [1.82, 2.24) is 0 Å². The first-order chi connectivity index (χ1) is 11.0. The molecular formula is C18H18BrNO3. The van der Waals surface area contributed by atoms with Gasteiger partial charge in [0.25, 0.3) is 0 Å². The number of benzene rings is 2. The topological polar surface area (TPSA) is 61.5 Å². The molecule has 5 heteroatoms. The molecule has 2 aromatic carbocycles. The Labute approximate surface area is 143 Å². The second kappa shape index (κ2) is 6.24. The Hall–Kier alpha value is -2.01. The van der Waals surface area contributed by atoms with Crippen LogP contribution in [0, 0.1) is 6.92 Å². The number of ether oxygens (including phenoxy) is 2. The Morgan fingerprint density at radius 1 is 1.35 bits per heavy atom. The number of hydrogen-bond donors (Lipinski definition) is 1. The van der Waals surface area contributed by atoms with Gasteiger partial charge in [0, 0.05) is 11.3 Å². The van der Waals surface area contributed by atoms with E-state index in [9.17, 15) is 4.79 Å². The highest BCUT2D eigenvalue weighted by Crippen LogP contribution is 2.39. The van der Waals surface area contributed by atoms with Crippen molar-refractivity contribution < 1.29 is 14.3 Å². The number of fused-ring (bicyclic) bond motifs is 1. The second-order valence-electron chi connectivity index (χ2n) is 5.61. The Bertz CT molecular complexity index is 786. The number of esters is 1. The van der Waals surface area contributed by atoms with E-state index in [-0.39, 0.29) is 0 Å². The highest BCUT2D eigenvalue weighted by molar-refractivity contribution is 9.10. The molecule has 0 saturated heterocycles. The second-order valence-corrected chi connectivity index (χ2v) is 6.41. The summed E-state index contributed by atoms with van der Waals surface area (Å²) in [5.41, 5.74) is 10.9. The molecule has 0 aliphatic carbocycles. The summed E-state index contributed by atoms with van der Waals surface area (Å²) in [6.45, 7) is 2.70. The number of anilines is 1. The van der Waals surface area contributed by atoms with Crippen molar-refractivity contribution in [2.45, 2.75) is 19.8 Å². The molecule has 0 bridgehead atoms. The van der Waals surface area contributed by atoms with Gasteiger partial charge in [-0.3, -0.25) is 0 Å². The molecule has 0 atom stereocenters. The Balaban J connectivity index is 2.23. The molecule has 0 radical (unpaired) electrons. The number of halogens is 1. The Kier molecular flexibility index (Phi) is 4.31. The average molecular weight is 376 g/mol. The average Bonchev–Trinajstić information content (AvgIpc) is 2.56. The molecule has 0 spiro atoms. The van der Waals surface area contributed by atoms with Gasteiger partial charge in [-0.05, 0) is 70.6 Å². The zero-order chi connectivity index (χ0) is 16.6. The molecule has 4 nitrogen and oxygen atoms in total. The number of aryl methyl sites for hydroxylation is 2. The van der Waals surface area contributed by atoms with Crippen molar-refractivity contribution in [3.8, 4) is 16.9 Å². The van der Waals surface area contributed by atoms with Gasteiger partial charge in [-0.2, -0.15) is 0 Å². The van der Waals surface area contributed by atoms with Gasteiger partial charge in [-0.1, -0.05) is 6.07 Å². The van der Waals surface area contributed by atoms with Crippen LogP contribution in [0.2, 0.25) is 0 Å². The number of methoxy groups -OCH3 is 1. The van der Waals surface area contributed by atoms with Crippen molar-refractivity contribution in [2.75, 3.05) is 19.5 Å². The maximum atomic E-state index is 12.3. The quantitative estimate of drug-likeness (QED) is 0.633. The minimum Gasteiger partial charge on any atom is -0.493 e. The monoisotopic (exact) mass is 375 g/mol. The third kappa shape index (κ3) is 2.81. The molecule has 0 aromatic heterocycles. The van der Waals surface area contributed by atoms with Crippen LogP contribution < -0.4 is 10.5 Å². The number of carbonyl (C=O) groups is 1. The third-order valence-electron chi connectivity index (χ3n) is 4.08. The maximum Gasteiger partial charge on any atom is 0.339 e. The Morgan fingerprint density at radius 3 is 2.87 bits per heavy atom. The van der Waals surface area contributed by atoms with Gasteiger partial charge in [-0.25, -0.2) is 4.79 Å². The lowest BCUT2D eigenvalue weighted by Gasteiger charge is -2.20. The van der Waals surface area contributed by atoms with E-state index < -0.39 is 5.97 Å². The molecule has 2 aromatic rings. The number of carbonyl (C=O) groups excluding carboxylic acids is 1. The summed E-state index contributed by atoms with van der Waals surface area (Å²) in [4.78, 5) is 12.3. The lowest BCUT2D eigenvalue weighted by molar-refractivity contribution is 0.0600. The zero-order valence-electron chi connectivity index (χ0n) is 13.1. The first-order valence-corrected chi connectivity index (χ1v) is 8.25. The van der Waals surface area contributed by atoms with Crippen molar-refractivity contribution >= 4 is 27.6 Å². The molecule has 120 valence electrons. The fraction of sp³-hybridized carbons (Fsp3) is 0.278. The summed E-state index contributed by atoms with van der Waals surface area (Å²) >= 11 is 3.43. The van der Waals surface area contributed by atoms with E-state index in [0.29, 0.717) is 15.7 Å². The van der Waals surface area contributed by atoms with E-state index in [1.54, 1.807) is 0 Å². The largest absolute Gasteiger partial charge is 0.493 e. The van der Waals surface area contributed by atoms with Gasteiger partial charge in [0.05, 0.1) is 23.8 Å². The molecule has 0 saturated carbocycles. The lowest BCUT2D eigenvalue weighted by Crippen LogP contribution is -2.10. The molecule has 2 N–H and O–H groups in total. The van der Waals surface area contributed by atoms with E-state index in [1.165, 1.54) is 7.11 Å². The lowest BCUT2D eigenvalue weighted by atomic mass is 9.92. The molecule has 23 heavy (non-hydrogen) atoms. The summed E-state index contributed by atoms with van der Waals surface area (Å²) in [6, 6.07) is 7.89. The van der Waals surface area contributed by atoms with E-state index in [2.05, 4.69) is 22.0 Å². The number of hydrogen-bond acceptors (Lipinski definition) is 4. The fourth-order valence-electron chi connectivity index (χ4n) is 3.00. The minimum atomic E-state index is -0.406. The highest BCUT2D eigenvalue weighted by atomic mass is 79.9. The van der Waals surface area contributed by atoms with Gasteiger partial charge in [0.2, 0.25) is 0 Å². The minimum absolute atomic E-state index is 0.406. The predicted molar refractivity (Wildman–Crippen MR) is 93.9 cm³/mol. The van der Waals surface area contributed by atoms with Crippen LogP contribution in [0.15, 0.2) is 28.7 Å². The summed E-state index contributed by atoms with van der Waals surface area (Å²) < 4.78 is 11.2. The van der Waals surface area contributed by atoms with Gasteiger partial charge in [0.15, 0.2) is 0 Å². The predicted octanol–water partition coefficient (Wildman–Crippen LogP) is 4.12. The van der Waals surface area contributed by atoms with Gasteiger partial charge in [0.1, 0.15) is 5.75 Å². The van der Waals surface area contributed by atoms with Gasteiger partial charge >= 0.3 is 5.97 Å². The van der Waals surface area contributed by atoms with Gasteiger partial charge in [-0.15, -0.1) is 0 Å². The van der Waals surface area contributed by atoms with Crippen LogP contribution in [-0.2, 0) is 11.2 Å².